The quantitative estimate of drug-likeness (QED) is 0.926. The third-order valence-corrected chi connectivity index (χ3v) is 3.80. The van der Waals surface area contributed by atoms with Crippen molar-refractivity contribution < 1.29 is 4.74 Å². The molecule has 0 aromatic heterocycles. The van der Waals surface area contributed by atoms with E-state index in [2.05, 4.69) is 4.90 Å². The molecular weight excluding hydrogens is 271 g/mol. The van der Waals surface area contributed by atoms with Gasteiger partial charge in [-0.05, 0) is 38.1 Å². The average molecular weight is 289 g/mol. The molecule has 1 aliphatic rings. The summed E-state index contributed by atoms with van der Waals surface area (Å²) in [5.74, 6) is 0.578. The number of ether oxygens (including phenoxy) is 1. The Balaban J connectivity index is 1.78. The first kappa shape index (κ1) is 13.9. The number of rotatable bonds is 4. The summed E-state index contributed by atoms with van der Waals surface area (Å²) in [4.78, 5) is 2.36. The van der Waals surface area contributed by atoms with Gasteiger partial charge in [-0.2, -0.15) is 0 Å². The molecule has 0 atom stereocenters. The third-order valence-electron chi connectivity index (χ3n) is 3.21. The second kappa shape index (κ2) is 6.62. The molecule has 1 saturated heterocycles. The normalized spacial score (nSPS) is 17.9. The van der Waals surface area contributed by atoms with Gasteiger partial charge < -0.3 is 10.5 Å². The molecule has 0 radical (unpaired) electrons. The van der Waals surface area contributed by atoms with E-state index >= 15 is 0 Å². The highest BCUT2D eigenvalue weighted by molar-refractivity contribution is 6.37. The number of benzene rings is 1. The van der Waals surface area contributed by atoms with Gasteiger partial charge in [0.2, 0.25) is 0 Å². The van der Waals surface area contributed by atoms with Gasteiger partial charge in [0.05, 0.1) is 10.0 Å². The van der Waals surface area contributed by atoms with Gasteiger partial charge >= 0.3 is 0 Å². The number of nitrogens with zero attached hydrogens (tertiary/aromatic N) is 1. The molecule has 1 aromatic carbocycles. The van der Waals surface area contributed by atoms with Gasteiger partial charge in [-0.25, -0.2) is 0 Å². The molecule has 0 aliphatic carbocycles. The second-order valence-electron chi connectivity index (χ2n) is 4.58. The topological polar surface area (TPSA) is 38.5 Å². The molecule has 18 heavy (non-hydrogen) atoms. The van der Waals surface area contributed by atoms with E-state index in [0.717, 1.165) is 32.5 Å². The van der Waals surface area contributed by atoms with Crippen molar-refractivity contribution in [2.24, 2.45) is 5.73 Å². The molecule has 5 heteroatoms. The van der Waals surface area contributed by atoms with Gasteiger partial charge in [-0.1, -0.05) is 29.3 Å². The molecule has 100 valence electrons. The fourth-order valence-electron chi connectivity index (χ4n) is 2.07. The van der Waals surface area contributed by atoms with E-state index < -0.39 is 0 Å². The molecule has 0 bridgehead atoms. The molecule has 0 unspecified atom stereocenters. The number of halogens is 2. The van der Waals surface area contributed by atoms with Crippen LogP contribution in [0.25, 0.3) is 0 Å². The predicted octanol–water partition coefficient (Wildman–Crippen LogP) is 2.80. The predicted molar refractivity (Wildman–Crippen MR) is 75.6 cm³/mol. The minimum absolute atomic E-state index is 0.361. The summed E-state index contributed by atoms with van der Waals surface area (Å²) < 4.78 is 5.66. The van der Waals surface area contributed by atoms with Gasteiger partial charge in [0.1, 0.15) is 6.61 Å². The minimum atomic E-state index is 0.361. The number of hydrogen-bond acceptors (Lipinski definition) is 3. The highest BCUT2D eigenvalue weighted by Crippen LogP contribution is 2.32. The highest BCUT2D eigenvalue weighted by Gasteiger charge is 2.15. The van der Waals surface area contributed by atoms with E-state index in [1.807, 2.05) is 6.07 Å². The van der Waals surface area contributed by atoms with Crippen molar-refractivity contribution in [2.45, 2.75) is 18.9 Å². The number of nitrogens with two attached hydrogens (primary N) is 1. The highest BCUT2D eigenvalue weighted by atomic mass is 35.5. The molecule has 0 saturated carbocycles. The lowest BCUT2D eigenvalue weighted by Crippen LogP contribution is -2.41. The van der Waals surface area contributed by atoms with E-state index in [9.17, 15) is 0 Å². The Kier molecular flexibility index (Phi) is 5.13. The van der Waals surface area contributed by atoms with Crippen LogP contribution in [-0.2, 0) is 0 Å². The van der Waals surface area contributed by atoms with Crippen LogP contribution in [0.2, 0.25) is 10.0 Å². The van der Waals surface area contributed by atoms with Crippen LogP contribution in [0, 0.1) is 0 Å². The summed E-state index contributed by atoms with van der Waals surface area (Å²) in [5, 5.41) is 1.12. The van der Waals surface area contributed by atoms with Gasteiger partial charge in [0, 0.05) is 12.6 Å². The van der Waals surface area contributed by atoms with Crippen molar-refractivity contribution in [3.63, 3.8) is 0 Å². The van der Waals surface area contributed by atoms with E-state index in [1.165, 1.54) is 0 Å². The molecule has 0 amide bonds. The molecule has 0 spiro atoms. The molecule has 3 nitrogen and oxygen atoms in total. The Morgan fingerprint density at radius 2 is 1.83 bits per heavy atom. The molecule has 2 rings (SSSR count). The SMILES string of the molecule is NC1CCN(CCOc2c(Cl)cccc2Cl)CC1. The fourth-order valence-corrected chi connectivity index (χ4v) is 2.58. The van der Waals surface area contributed by atoms with Gasteiger partial charge in [-0.15, -0.1) is 0 Å². The Hall–Kier alpha value is -0.480. The van der Waals surface area contributed by atoms with Crippen LogP contribution >= 0.6 is 23.2 Å². The lowest BCUT2D eigenvalue weighted by molar-refractivity contribution is 0.174. The molecule has 1 heterocycles. The standard InChI is InChI=1S/C13H18Cl2N2O/c14-11-2-1-3-12(15)13(11)18-9-8-17-6-4-10(16)5-7-17/h1-3,10H,4-9,16H2. The van der Waals surface area contributed by atoms with Gasteiger partial charge in [0.25, 0.3) is 0 Å². The van der Waals surface area contributed by atoms with Crippen molar-refractivity contribution >= 4 is 23.2 Å². The Bertz CT molecular complexity index is 372. The van der Waals surface area contributed by atoms with E-state index in [0.29, 0.717) is 28.4 Å². The summed E-state index contributed by atoms with van der Waals surface area (Å²) in [5.41, 5.74) is 5.86. The Morgan fingerprint density at radius 3 is 2.44 bits per heavy atom. The van der Waals surface area contributed by atoms with Crippen molar-refractivity contribution in [3.05, 3.63) is 28.2 Å². The van der Waals surface area contributed by atoms with Gasteiger partial charge in [0.15, 0.2) is 5.75 Å². The fraction of sp³-hybridized carbons (Fsp3) is 0.538. The Morgan fingerprint density at radius 1 is 1.22 bits per heavy atom. The van der Waals surface area contributed by atoms with Crippen molar-refractivity contribution in [1.82, 2.24) is 4.90 Å². The van der Waals surface area contributed by atoms with Crippen molar-refractivity contribution in [1.29, 1.82) is 0 Å². The van der Waals surface area contributed by atoms with Crippen molar-refractivity contribution in [3.8, 4) is 5.75 Å². The molecule has 1 aromatic rings. The number of likely N-dealkylation sites (tertiary alicyclic amines) is 1. The van der Waals surface area contributed by atoms with E-state index in [4.69, 9.17) is 33.7 Å². The summed E-state index contributed by atoms with van der Waals surface area (Å²) in [6, 6.07) is 5.73. The zero-order valence-electron chi connectivity index (χ0n) is 10.2. The zero-order chi connectivity index (χ0) is 13.0. The monoisotopic (exact) mass is 288 g/mol. The minimum Gasteiger partial charge on any atom is -0.489 e. The lowest BCUT2D eigenvalue weighted by Gasteiger charge is -2.29. The third kappa shape index (κ3) is 3.75. The van der Waals surface area contributed by atoms with Gasteiger partial charge in [-0.3, -0.25) is 4.90 Å². The van der Waals surface area contributed by atoms with E-state index in [1.54, 1.807) is 12.1 Å². The van der Waals surface area contributed by atoms with Crippen molar-refractivity contribution in [2.75, 3.05) is 26.2 Å². The smallest absolute Gasteiger partial charge is 0.156 e. The summed E-state index contributed by atoms with van der Waals surface area (Å²) in [6.45, 7) is 3.56. The maximum Gasteiger partial charge on any atom is 0.156 e. The average Bonchev–Trinajstić information content (AvgIpc) is 2.35. The molecular formula is C13H18Cl2N2O. The number of piperidine rings is 1. The van der Waals surface area contributed by atoms with E-state index in [-0.39, 0.29) is 0 Å². The lowest BCUT2D eigenvalue weighted by atomic mass is 10.1. The zero-order valence-corrected chi connectivity index (χ0v) is 11.8. The number of para-hydroxylation sites is 1. The first-order valence-corrected chi connectivity index (χ1v) is 6.97. The first-order chi connectivity index (χ1) is 8.66. The van der Waals surface area contributed by atoms with Crippen LogP contribution in [0.4, 0.5) is 0 Å². The van der Waals surface area contributed by atoms with Crippen LogP contribution in [0.3, 0.4) is 0 Å². The molecule has 1 aliphatic heterocycles. The first-order valence-electron chi connectivity index (χ1n) is 6.21. The number of hydrogen-bond donors (Lipinski definition) is 1. The maximum atomic E-state index is 6.03. The summed E-state index contributed by atoms with van der Waals surface area (Å²) in [6.07, 6.45) is 2.12. The Labute approximate surface area is 118 Å². The maximum absolute atomic E-state index is 6.03. The van der Waals surface area contributed by atoms with Crippen LogP contribution in [0.1, 0.15) is 12.8 Å². The van der Waals surface area contributed by atoms with Crippen LogP contribution < -0.4 is 10.5 Å². The van der Waals surface area contributed by atoms with Crippen LogP contribution in [0.15, 0.2) is 18.2 Å². The van der Waals surface area contributed by atoms with Crippen LogP contribution in [-0.4, -0.2) is 37.2 Å². The molecule has 2 N–H and O–H groups in total. The molecule has 1 fully saturated rings. The summed E-state index contributed by atoms with van der Waals surface area (Å²) >= 11 is 12.1. The van der Waals surface area contributed by atoms with Crippen LogP contribution in [0.5, 0.6) is 5.75 Å². The summed E-state index contributed by atoms with van der Waals surface area (Å²) in [7, 11) is 0. The second-order valence-corrected chi connectivity index (χ2v) is 5.39. The largest absolute Gasteiger partial charge is 0.489 e.